The number of carbonyl (C=O) groups is 1. The number of carbonyl (C=O) groups excluding carboxylic acids is 1. The van der Waals surface area contributed by atoms with Crippen LogP contribution in [-0.4, -0.2) is 64.5 Å². The molecule has 2 atom stereocenters. The van der Waals surface area contributed by atoms with E-state index < -0.39 is 30.6 Å². The number of aromatic nitrogens is 4. The number of nitrogens with two attached hydrogens (primary N) is 1. The molecule has 0 radical (unpaired) electrons. The van der Waals surface area contributed by atoms with E-state index in [1.54, 1.807) is 23.0 Å². The second kappa shape index (κ2) is 10.6. The maximum atomic E-state index is 13.4. The van der Waals surface area contributed by atoms with Crippen molar-refractivity contribution in [3.63, 3.8) is 0 Å². The molecule has 1 aromatic carbocycles. The van der Waals surface area contributed by atoms with E-state index in [1.807, 2.05) is 19.9 Å². The van der Waals surface area contributed by atoms with Gasteiger partial charge >= 0.3 is 12.7 Å². The number of pyridine rings is 1. The summed E-state index contributed by atoms with van der Waals surface area (Å²) in [5, 5.41) is 43.4. The van der Waals surface area contributed by atoms with Gasteiger partial charge in [0.15, 0.2) is 0 Å². The highest BCUT2D eigenvalue weighted by Gasteiger charge is 2.52. The Labute approximate surface area is 250 Å². The number of fused-ring (bicyclic) bond motifs is 9. The number of nitriles is 1. The summed E-state index contributed by atoms with van der Waals surface area (Å²) in [7, 11) is 0. The molecule has 5 N–H and O–H groups in total. The summed E-state index contributed by atoms with van der Waals surface area (Å²) in [6.07, 6.45) is 3.12. The van der Waals surface area contributed by atoms with Gasteiger partial charge in [0.05, 0.1) is 28.7 Å². The summed E-state index contributed by atoms with van der Waals surface area (Å²) in [4.78, 5) is 22.2. The van der Waals surface area contributed by atoms with Gasteiger partial charge in [-0.05, 0) is 62.9 Å². The molecule has 3 aliphatic rings. The first-order valence-electron chi connectivity index (χ1n) is 13.9. The average molecular weight is 606 g/mol. The maximum Gasteiger partial charge on any atom is 0.387 e. The van der Waals surface area contributed by atoms with Crippen LogP contribution in [0.25, 0.3) is 16.6 Å². The number of ether oxygens (including phenoxy) is 1. The number of halogens is 2. The minimum atomic E-state index is -3.52. The highest BCUT2D eigenvalue weighted by atomic mass is 19.3. The molecule has 1 fully saturated rings. The van der Waals surface area contributed by atoms with Gasteiger partial charge < -0.3 is 25.8 Å². The topological polar surface area (TPSA) is 183 Å². The SMILES string of the molecule is CC1(C#N)CC(N)C1.Cc1ncncc1-c1ccn2nc3c(c2c1)C1CC3N(C(O)(O)O)C(=O)c2cccc(OC(F)F)c21. The highest BCUT2D eigenvalue weighted by Crippen LogP contribution is 2.54. The summed E-state index contributed by atoms with van der Waals surface area (Å²) >= 11 is 0. The maximum absolute atomic E-state index is 13.4. The van der Waals surface area contributed by atoms with Crippen molar-refractivity contribution in [1.29, 1.82) is 5.26 Å². The molecule has 4 heterocycles. The largest absolute Gasteiger partial charge is 0.434 e. The van der Waals surface area contributed by atoms with Gasteiger partial charge in [-0.2, -0.15) is 19.1 Å². The molecule has 7 rings (SSSR count). The van der Waals surface area contributed by atoms with E-state index in [0.717, 1.165) is 29.7 Å². The molecule has 12 nitrogen and oxygen atoms in total. The zero-order valence-corrected chi connectivity index (χ0v) is 23.7. The Morgan fingerprint density at radius 3 is 2.57 bits per heavy atom. The number of hydrogen-bond donors (Lipinski definition) is 4. The van der Waals surface area contributed by atoms with Crippen LogP contribution >= 0.6 is 0 Å². The molecule has 2 unspecified atom stereocenters. The summed E-state index contributed by atoms with van der Waals surface area (Å²) in [5.74, 6) is -1.83. The van der Waals surface area contributed by atoms with Gasteiger partial charge in [-0.1, -0.05) is 6.07 Å². The number of hydrogen-bond acceptors (Lipinski definition) is 10. The molecule has 1 amide bonds. The molecular formula is C30H29F2N7O5. The number of nitrogens with zero attached hydrogens (tertiary/aromatic N) is 6. The lowest BCUT2D eigenvalue weighted by atomic mass is 9.68. The van der Waals surface area contributed by atoms with Gasteiger partial charge in [-0.15, -0.1) is 0 Å². The van der Waals surface area contributed by atoms with Crippen molar-refractivity contribution in [1.82, 2.24) is 24.5 Å². The van der Waals surface area contributed by atoms with Crippen molar-refractivity contribution in [3.05, 3.63) is 77.1 Å². The zero-order valence-electron chi connectivity index (χ0n) is 23.7. The van der Waals surface area contributed by atoms with E-state index in [1.165, 1.54) is 24.5 Å². The number of alkyl halides is 2. The van der Waals surface area contributed by atoms with Crippen LogP contribution < -0.4 is 10.5 Å². The van der Waals surface area contributed by atoms with E-state index in [-0.39, 0.29) is 28.7 Å². The van der Waals surface area contributed by atoms with E-state index in [9.17, 15) is 28.9 Å². The lowest BCUT2D eigenvalue weighted by Crippen LogP contribution is -2.53. The van der Waals surface area contributed by atoms with E-state index in [4.69, 9.17) is 15.7 Å². The Kier molecular flexibility index (Phi) is 7.09. The van der Waals surface area contributed by atoms with Crippen molar-refractivity contribution >= 4 is 11.4 Å². The van der Waals surface area contributed by atoms with Gasteiger partial charge in [0, 0.05) is 52.3 Å². The standard InChI is InChI=1S/C24H19F2N5O5.C6H10N2/c1-11-15(9-27-10-28-11)12-5-6-30-16(7-12)20-14-8-17(21(20)29-30)31(24(33,34)35)22(32)13-3-2-4-18(19(13)14)36-23(25)26;1-6(4-7)2-5(8)3-6/h2-7,9-10,14,17,23,33-35H,8H2,1H3;5H,2-3,8H2,1H3. The van der Waals surface area contributed by atoms with Crippen molar-refractivity contribution < 1.29 is 33.6 Å². The predicted molar refractivity (Wildman–Crippen MR) is 150 cm³/mol. The van der Waals surface area contributed by atoms with Crippen molar-refractivity contribution in [2.75, 3.05) is 0 Å². The van der Waals surface area contributed by atoms with Crippen molar-refractivity contribution in [2.45, 2.75) is 63.8 Å². The van der Waals surface area contributed by atoms with Gasteiger partial charge in [0.2, 0.25) is 0 Å². The van der Waals surface area contributed by atoms with Crippen molar-refractivity contribution in [3.8, 4) is 22.9 Å². The minimum absolute atomic E-state index is 0.0671. The Balaban J connectivity index is 0.000000374. The Morgan fingerprint density at radius 2 is 1.95 bits per heavy atom. The molecule has 2 bridgehead atoms. The third-order valence-electron chi connectivity index (χ3n) is 8.46. The smallest absolute Gasteiger partial charge is 0.387 e. The van der Waals surface area contributed by atoms with Crippen LogP contribution in [0.5, 0.6) is 5.75 Å². The highest BCUT2D eigenvalue weighted by molar-refractivity contribution is 5.98. The minimum Gasteiger partial charge on any atom is -0.434 e. The van der Waals surface area contributed by atoms with Crippen LogP contribution in [0, 0.1) is 23.7 Å². The molecule has 4 aromatic rings. The summed E-state index contributed by atoms with van der Waals surface area (Å²) < 4.78 is 32.9. The number of rotatable bonds is 4. The van der Waals surface area contributed by atoms with Crippen LogP contribution in [-0.2, 0) is 0 Å². The normalized spacial score (nSPS) is 23.7. The van der Waals surface area contributed by atoms with Crippen LogP contribution in [0.2, 0.25) is 0 Å². The van der Waals surface area contributed by atoms with Gasteiger partial charge in [-0.25, -0.2) is 14.5 Å². The third kappa shape index (κ3) is 4.93. The monoisotopic (exact) mass is 605 g/mol. The van der Waals surface area contributed by atoms with Gasteiger partial charge in [0.1, 0.15) is 12.1 Å². The fraction of sp³-hybridized carbons (Fsp3) is 0.367. The fourth-order valence-electron chi connectivity index (χ4n) is 6.56. The lowest BCUT2D eigenvalue weighted by Gasteiger charge is -2.37. The first-order chi connectivity index (χ1) is 20.8. The molecule has 1 aliphatic heterocycles. The van der Waals surface area contributed by atoms with Crippen LogP contribution in [0.4, 0.5) is 8.78 Å². The number of amides is 1. The molecule has 44 heavy (non-hydrogen) atoms. The number of benzene rings is 1. The Morgan fingerprint density at radius 1 is 1.20 bits per heavy atom. The van der Waals surface area contributed by atoms with Crippen molar-refractivity contribution in [2.24, 2.45) is 11.1 Å². The molecule has 0 saturated heterocycles. The third-order valence-corrected chi connectivity index (χ3v) is 8.46. The first-order valence-corrected chi connectivity index (χ1v) is 13.9. The molecule has 2 aliphatic carbocycles. The Bertz CT molecular complexity index is 1810. The summed E-state index contributed by atoms with van der Waals surface area (Å²) in [5.41, 5.74) is 9.32. The summed E-state index contributed by atoms with van der Waals surface area (Å²) in [6.45, 7) is 0.652. The molecule has 1 saturated carbocycles. The molecule has 228 valence electrons. The second-order valence-corrected chi connectivity index (χ2v) is 11.6. The predicted octanol–water partition coefficient (Wildman–Crippen LogP) is 2.96. The second-order valence-electron chi connectivity index (χ2n) is 11.6. The number of aliphatic hydroxyl groups is 3. The van der Waals surface area contributed by atoms with Crippen LogP contribution in [0.15, 0.2) is 49.1 Å². The van der Waals surface area contributed by atoms with E-state index in [0.29, 0.717) is 27.7 Å². The number of aryl methyl sites for hydroxylation is 1. The van der Waals surface area contributed by atoms with Gasteiger partial charge in [0.25, 0.3) is 5.91 Å². The quantitative estimate of drug-likeness (QED) is 0.252. The van der Waals surface area contributed by atoms with Crippen LogP contribution in [0.1, 0.15) is 71.0 Å². The zero-order chi connectivity index (χ0) is 31.6. The Hall–Kier alpha value is -4.55. The molecule has 14 heteroatoms. The lowest BCUT2D eigenvalue weighted by molar-refractivity contribution is -0.385. The first kappa shape index (κ1) is 29.5. The average Bonchev–Trinajstić information content (AvgIpc) is 3.44. The van der Waals surface area contributed by atoms with Gasteiger partial charge in [-0.3, -0.25) is 9.69 Å². The van der Waals surface area contributed by atoms with E-state index >= 15 is 0 Å². The molecular weight excluding hydrogens is 576 g/mol. The summed E-state index contributed by atoms with van der Waals surface area (Å²) in [6, 6.07) is 9.18. The molecule has 0 spiro atoms. The fourth-order valence-corrected chi connectivity index (χ4v) is 6.56. The van der Waals surface area contributed by atoms with E-state index in [2.05, 4.69) is 21.1 Å². The van der Waals surface area contributed by atoms with Crippen LogP contribution in [0.3, 0.4) is 0 Å². The molecule has 3 aromatic heterocycles.